The highest BCUT2D eigenvalue weighted by Crippen LogP contribution is 2.13. The van der Waals surface area contributed by atoms with Crippen LogP contribution in [0.3, 0.4) is 0 Å². The largest absolute Gasteiger partial charge is 0.478 e. The van der Waals surface area contributed by atoms with Crippen LogP contribution in [0.25, 0.3) is 0 Å². The van der Waals surface area contributed by atoms with E-state index in [0.717, 1.165) is 22.3 Å². The molecule has 0 heterocycles. The zero-order valence-corrected chi connectivity index (χ0v) is 29.4. The second-order valence-corrected chi connectivity index (χ2v) is 13.8. The Morgan fingerprint density at radius 3 is 2.14 bits per heavy atom. The van der Waals surface area contributed by atoms with Crippen molar-refractivity contribution in [1.82, 2.24) is 15.4 Å². The minimum Gasteiger partial charge on any atom is -0.478 e. The molecule has 4 rings (SSSR count). The zero-order valence-electron chi connectivity index (χ0n) is 28.5. The highest BCUT2D eigenvalue weighted by molar-refractivity contribution is 7.88. The lowest BCUT2D eigenvalue weighted by molar-refractivity contribution is -0.123. The van der Waals surface area contributed by atoms with E-state index in [2.05, 4.69) is 15.4 Å². The second-order valence-electron chi connectivity index (χ2n) is 12.1. The number of amidine groups is 1. The number of carboxylic acids is 1. The lowest BCUT2D eigenvalue weighted by Gasteiger charge is -2.22. The Labute approximate surface area is 299 Å². The molecule has 9 N–H and O–H groups in total. The molecule has 13 heteroatoms. The SMILES string of the molecule is CC(Cc1cccc(CN)c1)NC(=O)C(CCCc1ccccc1)NS(=O)(=O)Cc1cccc(C(=O)O)c1.N=C(N)c1ccc(CNC=O)cc1. The average Bonchev–Trinajstić information content (AvgIpc) is 3.11. The molecule has 51 heavy (non-hydrogen) atoms. The number of hydrogen-bond donors (Lipinski definition) is 7. The summed E-state index contributed by atoms with van der Waals surface area (Å²) in [5.74, 6) is -1.92. The summed E-state index contributed by atoms with van der Waals surface area (Å²) in [6.07, 6.45) is 2.84. The smallest absolute Gasteiger partial charge is 0.335 e. The number of carboxylic acid groups (broad SMARTS) is 1. The van der Waals surface area contributed by atoms with Gasteiger partial charge in [-0.3, -0.25) is 15.0 Å². The number of benzene rings is 4. The van der Waals surface area contributed by atoms with Gasteiger partial charge in [0.05, 0.1) is 11.3 Å². The summed E-state index contributed by atoms with van der Waals surface area (Å²) >= 11 is 0. The standard InChI is InChI=1S/C29H35N3O5S.C9H11N3O/c1-21(16-23-11-5-12-24(17-23)19-30)31-28(33)27(15-7-10-22-8-3-2-4-9-22)32-38(36,37)20-25-13-6-14-26(18-25)29(34)35;10-9(11)8-3-1-7(2-4-8)5-12-6-13/h2-6,8-9,11-14,17-18,21,27,32H,7,10,15-16,19-20,30H2,1H3,(H,31,33)(H,34,35);1-4,6H,5H2,(H3,10,11)(H,12,13). The Kier molecular flexibility index (Phi) is 16.0. The fourth-order valence-corrected chi connectivity index (χ4v) is 6.62. The van der Waals surface area contributed by atoms with Gasteiger partial charge < -0.3 is 27.2 Å². The molecule has 4 aromatic carbocycles. The minimum absolute atomic E-state index is 0.00221. The maximum absolute atomic E-state index is 13.2. The van der Waals surface area contributed by atoms with Crippen molar-refractivity contribution >= 4 is 34.1 Å². The van der Waals surface area contributed by atoms with E-state index >= 15 is 0 Å². The Morgan fingerprint density at radius 1 is 0.843 bits per heavy atom. The number of nitrogens with two attached hydrogens (primary N) is 2. The van der Waals surface area contributed by atoms with Crippen LogP contribution in [0, 0.1) is 5.41 Å². The van der Waals surface area contributed by atoms with E-state index in [0.29, 0.717) is 56.3 Å². The first-order valence-corrected chi connectivity index (χ1v) is 18.1. The summed E-state index contributed by atoms with van der Waals surface area (Å²) in [6.45, 7) is 2.80. The number of hydrogen-bond acceptors (Lipinski definition) is 7. The molecular formula is C38H46N6O6S. The first kappa shape index (κ1) is 40.1. The van der Waals surface area contributed by atoms with Crippen LogP contribution in [-0.2, 0) is 51.3 Å². The maximum atomic E-state index is 13.2. The fraction of sp³-hybridized carbons (Fsp3) is 0.263. The summed E-state index contributed by atoms with van der Waals surface area (Å²) < 4.78 is 28.6. The molecule has 0 radical (unpaired) electrons. The van der Waals surface area contributed by atoms with E-state index in [1.165, 1.54) is 18.2 Å². The Balaban J connectivity index is 0.000000453. The molecule has 270 valence electrons. The van der Waals surface area contributed by atoms with Gasteiger partial charge in [-0.2, -0.15) is 0 Å². The third kappa shape index (κ3) is 14.6. The number of sulfonamides is 1. The van der Waals surface area contributed by atoms with Crippen LogP contribution in [0.2, 0.25) is 0 Å². The predicted octanol–water partition coefficient (Wildman–Crippen LogP) is 3.62. The lowest BCUT2D eigenvalue weighted by atomic mass is 10.0. The van der Waals surface area contributed by atoms with Crippen LogP contribution in [0.15, 0.2) is 103 Å². The third-order valence-corrected chi connectivity index (χ3v) is 9.14. The molecule has 0 bridgehead atoms. The van der Waals surface area contributed by atoms with Crippen molar-refractivity contribution < 1.29 is 27.9 Å². The molecule has 0 spiro atoms. The molecule has 0 aliphatic carbocycles. The van der Waals surface area contributed by atoms with Crippen molar-refractivity contribution in [3.8, 4) is 0 Å². The van der Waals surface area contributed by atoms with Gasteiger partial charge in [-0.05, 0) is 72.6 Å². The molecule has 2 amide bonds. The molecule has 0 fully saturated rings. The quantitative estimate of drug-likeness (QED) is 0.0458. The van der Waals surface area contributed by atoms with Gasteiger partial charge in [0.25, 0.3) is 0 Å². The molecule has 0 saturated carbocycles. The molecular weight excluding hydrogens is 669 g/mol. The van der Waals surface area contributed by atoms with Crippen molar-refractivity contribution in [2.24, 2.45) is 11.5 Å². The first-order chi connectivity index (χ1) is 24.4. The van der Waals surface area contributed by atoms with E-state index < -0.39 is 33.7 Å². The molecule has 0 saturated heterocycles. The van der Waals surface area contributed by atoms with Crippen molar-refractivity contribution in [2.45, 2.75) is 63.5 Å². The van der Waals surface area contributed by atoms with Crippen LogP contribution in [0.1, 0.15) is 63.5 Å². The minimum atomic E-state index is -3.94. The van der Waals surface area contributed by atoms with Crippen molar-refractivity contribution in [3.05, 3.63) is 142 Å². The summed E-state index contributed by atoms with van der Waals surface area (Å²) in [6, 6.07) is 29.3. The monoisotopic (exact) mass is 714 g/mol. The van der Waals surface area contributed by atoms with Crippen LogP contribution >= 0.6 is 0 Å². The molecule has 0 aliphatic rings. The second kappa shape index (κ2) is 20.3. The Morgan fingerprint density at radius 2 is 1.49 bits per heavy atom. The van der Waals surface area contributed by atoms with Crippen LogP contribution in [0.5, 0.6) is 0 Å². The molecule has 2 atom stereocenters. The highest BCUT2D eigenvalue weighted by Gasteiger charge is 2.26. The van der Waals surface area contributed by atoms with Crippen LogP contribution < -0.4 is 26.8 Å². The van der Waals surface area contributed by atoms with E-state index in [4.69, 9.17) is 16.9 Å². The van der Waals surface area contributed by atoms with Crippen LogP contribution in [0.4, 0.5) is 0 Å². The average molecular weight is 715 g/mol. The van der Waals surface area contributed by atoms with Crippen molar-refractivity contribution in [1.29, 1.82) is 5.41 Å². The summed E-state index contributed by atoms with van der Waals surface area (Å²) in [5, 5.41) is 21.9. The van der Waals surface area contributed by atoms with Gasteiger partial charge in [-0.25, -0.2) is 17.9 Å². The molecule has 4 aromatic rings. The molecule has 12 nitrogen and oxygen atoms in total. The van der Waals surface area contributed by atoms with Gasteiger partial charge in [-0.15, -0.1) is 0 Å². The van der Waals surface area contributed by atoms with E-state index in [-0.39, 0.29) is 17.4 Å². The van der Waals surface area contributed by atoms with Gasteiger partial charge >= 0.3 is 5.97 Å². The Bertz CT molecular complexity index is 1850. The fourth-order valence-electron chi connectivity index (χ4n) is 5.26. The summed E-state index contributed by atoms with van der Waals surface area (Å²) in [4.78, 5) is 34.5. The van der Waals surface area contributed by atoms with Gasteiger partial charge in [0.1, 0.15) is 11.9 Å². The number of rotatable bonds is 18. The number of carbonyl (C=O) groups is 3. The van der Waals surface area contributed by atoms with E-state index in [1.807, 2.05) is 73.7 Å². The number of aromatic carboxylic acids is 1. The van der Waals surface area contributed by atoms with E-state index in [9.17, 15) is 27.9 Å². The van der Waals surface area contributed by atoms with Gasteiger partial charge in [0, 0.05) is 24.7 Å². The maximum Gasteiger partial charge on any atom is 0.335 e. The van der Waals surface area contributed by atoms with Crippen molar-refractivity contribution in [2.75, 3.05) is 0 Å². The molecule has 2 unspecified atom stereocenters. The number of nitrogen functional groups attached to an aromatic ring is 1. The highest BCUT2D eigenvalue weighted by atomic mass is 32.2. The Hall–Kier alpha value is -5.37. The van der Waals surface area contributed by atoms with Gasteiger partial charge in [0.15, 0.2) is 0 Å². The summed E-state index contributed by atoms with van der Waals surface area (Å²) in [7, 11) is -3.94. The zero-order chi connectivity index (χ0) is 37.2. The number of carbonyl (C=O) groups excluding carboxylic acids is 2. The molecule has 0 aliphatic heterocycles. The third-order valence-electron chi connectivity index (χ3n) is 7.78. The van der Waals surface area contributed by atoms with Gasteiger partial charge in [0.2, 0.25) is 22.3 Å². The number of nitrogens with one attached hydrogen (secondary N) is 4. The lowest BCUT2D eigenvalue weighted by Crippen LogP contribution is -2.49. The van der Waals surface area contributed by atoms with Gasteiger partial charge in [-0.1, -0.05) is 91.0 Å². The number of amides is 2. The summed E-state index contributed by atoms with van der Waals surface area (Å²) in [5.41, 5.74) is 16.1. The van der Waals surface area contributed by atoms with Crippen molar-refractivity contribution in [3.63, 3.8) is 0 Å². The predicted molar refractivity (Wildman–Crippen MR) is 198 cm³/mol. The number of aryl methyl sites for hydroxylation is 1. The molecule has 0 aromatic heterocycles. The topological polar surface area (TPSA) is 218 Å². The normalized spacial score (nSPS) is 12.0. The van der Waals surface area contributed by atoms with Crippen LogP contribution in [-0.4, -0.2) is 49.7 Å². The first-order valence-electron chi connectivity index (χ1n) is 16.4. The van der Waals surface area contributed by atoms with E-state index in [1.54, 1.807) is 18.2 Å².